The highest BCUT2D eigenvalue weighted by molar-refractivity contribution is 5.60. The molecule has 0 unspecified atom stereocenters. The third-order valence-electron chi connectivity index (χ3n) is 4.86. The first-order valence-corrected chi connectivity index (χ1v) is 11.0. The first kappa shape index (κ1) is 23.8. The van der Waals surface area contributed by atoms with Crippen LogP contribution in [0.3, 0.4) is 0 Å². The number of unbranched alkanes of at least 4 members (excludes halogenated alkanes) is 10. The van der Waals surface area contributed by atoms with Gasteiger partial charge in [-0.15, -0.1) is 0 Å². The highest BCUT2D eigenvalue weighted by Crippen LogP contribution is 2.30. The number of nitriles is 2. The van der Waals surface area contributed by atoms with Crippen LogP contribution in [-0.4, -0.2) is 13.2 Å². The Balaban J connectivity index is 2.49. The maximum atomic E-state index is 9.51. The number of nitrogens with zero attached hydrogens (tertiary/aromatic N) is 2. The van der Waals surface area contributed by atoms with E-state index in [1.54, 1.807) is 12.1 Å². The molecule has 28 heavy (non-hydrogen) atoms. The summed E-state index contributed by atoms with van der Waals surface area (Å²) in [5.74, 6) is 0.971. The van der Waals surface area contributed by atoms with Crippen LogP contribution in [0.2, 0.25) is 0 Å². The van der Waals surface area contributed by atoms with Gasteiger partial charge >= 0.3 is 0 Å². The fourth-order valence-corrected chi connectivity index (χ4v) is 3.16. The normalized spacial score (nSPS) is 10.3. The zero-order chi connectivity index (χ0) is 20.5. The van der Waals surface area contributed by atoms with E-state index in [1.165, 1.54) is 51.4 Å². The second-order valence-corrected chi connectivity index (χ2v) is 7.27. The fraction of sp³-hybridized carbons (Fsp3) is 0.667. The van der Waals surface area contributed by atoms with E-state index in [4.69, 9.17) is 9.47 Å². The SMILES string of the molecule is CCCCCCCCOc1ccc(OCCCCCCCC)c(C#N)c1C#N. The van der Waals surface area contributed by atoms with E-state index in [9.17, 15) is 10.5 Å². The summed E-state index contributed by atoms with van der Waals surface area (Å²) < 4.78 is 11.6. The first-order chi connectivity index (χ1) is 13.8. The van der Waals surface area contributed by atoms with Gasteiger partial charge < -0.3 is 9.47 Å². The van der Waals surface area contributed by atoms with Crippen molar-refractivity contribution >= 4 is 0 Å². The average molecular weight is 385 g/mol. The number of ether oxygens (including phenoxy) is 2. The zero-order valence-electron chi connectivity index (χ0n) is 17.8. The largest absolute Gasteiger partial charge is 0.492 e. The zero-order valence-corrected chi connectivity index (χ0v) is 17.8. The van der Waals surface area contributed by atoms with E-state index < -0.39 is 0 Å². The van der Waals surface area contributed by atoms with Crippen molar-refractivity contribution in [3.05, 3.63) is 23.3 Å². The Labute approximate surface area is 171 Å². The third-order valence-corrected chi connectivity index (χ3v) is 4.86. The lowest BCUT2D eigenvalue weighted by Crippen LogP contribution is -2.04. The Bertz CT molecular complexity index is 574. The molecule has 0 heterocycles. The first-order valence-electron chi connectivity index (χ1n) is 11.0. The van der Waals surface area contributed by atoms with Crippen LogP contribution in [0, 0.1) is 22.7 Å². The minimum absolute atomic E-state index is 0.286. The van der Waals surface area contributed by atoms with Crippen LogP contribution in [0.25, 0.3) is 0 Å². The van der Waals surface area contributed by atoms with Gasteiger partial charge in [0.15, 0.2) is 0 Å². The van der Waals surface area contributed by atoms with Crippen molar-refractivity contribution in [1.82, 2.24) is 0 Å². The van der Waals surface area contributed by atoms with E-state index in [1.807, 2.05) is 0 Å². The molecule has 154 valence electrons. The molecular formula is C24H36N2O2. The summed E-state index contributed by atoms with van der Waals surface area (Å²) in [6, 6.07) is 7.76. The molecule has 0 N–H and O–H groups in total. The summed E-state index contributed by atoms with van der Waals surface area (Å²) in [6.07, 6.45) is 14.2. The molecule has 0 fully saturated rings. The lowest BCUT2D eigenvalue weighted by molar-refractivity contribution is 0.295. The van der Waals surface area contributed by atoms with Crippen molar-refractivity contribution in [3.8, 4) is 23.6 Å². The summed E-state index contributed by atoms with van der Waals surface area (Å²) >= 11 is 0. The molecule has 0 aliphatic carbocycles. The molecule has 0 radical (unpaired) electrons. The standard InChI is InChI=1S/C24H36N2O2/c1-3-5-7-9-11-13-17-27-23-15-16-24(22(20-26)21(23)19-25)28-18-14-12-10-8-6-4-2/h15-16H,3-14,17-18H2,1-2H3. The predicted molar refractivity (Wildman–Crippen MR) is 114 cm³/mol. The molecule has 0 aliphatic heterocycles. The van der Waals surface area contributed by atoms with Crippen molar-refractivity contribution in [2.45, 2.75) is 90.9 Å². The maximum absolute atomic E-state index is 9.51. The van der Waals surface area contributed by atoms with Gasteiger partial charge in [-0.1, -0.05) is 78.1 Å². The van der Waals surface area contributed by atoms with Crippen molar-refractivity contribution in [2.24, 2.45) is 0 Å². The van der Waals surface area contributed by atoms with Crippen molar-refractivity contribution in [2.75, 3.05) is 13.2 Å². The molecule has 0 atom stereocenters. The Morgan fingerprint density at radius 1 is 0.607 bits per heavy atom. The van der Waals surface area contributed by atoms with Crippen LogP contribution in [0.15, 0.2) is 12.1 Å². The number of hydrogen-bond donors (Lipinski definition) is 0. The highest BCUT2D eigenvalue weighted by Gasteiger charge is 2.15. The minimum atomic E-state index is 0.286. The molecule has 4 heteroatoms. The van der Waals surface area contributed by atoms with E-state index in [2.05, 4.69) is 26.0 Å². The topological polar surface area (TPSA) is 66.0 Å². The molecule has 0 aromatic heterocycles. The van der Waals surface area contributed by atoms with Crippen molar-refractivity contribution < 1.29 is 9.47 Å². The monoisotopic (exact) mass is 384 g/mol. The lowest BCUT2D eigenvalue weighted by atomic mass is 10.1. The van der Waals surface area contributed by atoms with E-state index in [-0.39, 0.29) is 11.1 Å². The number of hydrogen-bond acceptors (Lipinski definition) is 4. The average Bonchev–Trinajstić information content (AvgIpc) is 2.72. The van der Waals surface area contributed by atoms with Gasteiger partial charge in [-0.3, -0.25) is 0 Å². The molecule has 1 aromatic carbocycles. The van der Waals surface area contributed by atoms with Crippen LogP contribution in [0.5, 0.6) is 11.5 Å². The molecule has 1 rings (SSSR count). The summed E-state index contributed by atoms with van der Waals surface area (Å²) in [6.45, 7) is 5.56. The van der Waals surface area contributed by atoms with E-state index in [0.717, 1.165) is 25.7 Å². The lowest BCUT2D eigenvalue weighted by Gasteiger charge is -2.13. The smallest absolute Gasteiger partial charge is 0.138 e. The fourth-order valence-electron chi connectivity index (χ4n) is 3.16. The van der Waals surface area contributed by atoms with Gasteiger partial charge in [0.1, 0.15) is 34.8 Å². The second-order valence-electron chi connectivity index (χ2n) is 7.27. The Hall–Kier alpha value is -2.20. The van der Waals surface area contributed by atoms with Crippen molar-refractivity contribution in [3.63, 3.8) is 0 Å². The van der Waals surface area contributed by atoms with E-state index >= 15 is 0 Å². The summed E-state index contributed by atoms with van der Waals surface area (Å²) in [7, 11) is 0. The molecular weight excluding hydrogens is 348 g/mol. The third kappa shape index (κ3) is 9.14. The molecule has 0 amide bonds. The van der Waals surface area contributed by atoms with E-state index in [0.29, 0.717) is 24.7 Å². The van der Waals surface area contributed by atoms with Crippen LogP contribution in [0.4, 0.5) is 0 Å². The van der Waals surface area contributed by atoms with Gasteiger partial charge in [0.2, 0.25) is 0 Å². The molecule has 4 nitrogen and oxygen atoms in total. The van der Waals surface area contributed by atoms with Crippen LogP contribution in [-0.2, 0) is 0 Å². The predicted octanol–water partition coefficient (Wildman–Crippen LogP) is 6.91. The summed E-state index contributed by atoms with van der Waals surface area (Å²) in [5, 5.41) is 19.0. The molecule has 0 bridgehead atoms. The number of rotatable bonds is 16. The van der Waals surface area contributed by atoms with Gasteiger partial charge in [0.25, 0.3) is 0 Å². The second kappa shape index (κ2) is 15.8. The quantitative estimate of drug-likeness (QED) is 0.290. The van der Waals surface area contributed by atoms with Gasteiger partial charge in [-0.25, -0.2) is 0 Å². The maximum Gasteiger partial charge on any atom is 0.138 e. The molecule has 0 aliphatic rings. The molecule has 1 aromatic rings. The highest BCUT2D eigenvalue weighted by atomic mass is 16.5. The molecule has 0 spiro atoms. The van der Waals surface area contributed by atoms with Gasteiger partial charge in [0.05, 0.1) is 13.2 Å². The molecule has 0 saturated heterocycles. The Kier molecular flexibility index (Phi) is 13.5. The summed E-state index contributed by atoms with van der Waals surface area (Å²) in [5.41, 5.74) is 0.572. The number of benzene rings is 1. The molecule has 0 saturated carbocycles. The Morgan fingerprint density at radius 3 is 1.32 bits per heavy atom. The van der Waals surface area contributed by atoms with Crippen molar-refractivity contribution in [1.29, 1.82) is 10.5 Å². The van der Waals surface area contributed by atoms with Gasteiger partial charge in [0, 0.05) is 0 Å². The minimum Gasteiger partial charge on any atom is -0.492 e. The Morgan fingerprint density at radius 2 is 0.964 bits per heavy atom. The van der Waals surface area contributed by atoms with Gasteiger partial charge in [-0.2, -0.15) is 10.5 Å². The van der Waals surface area contributed by atoms with Gasteiger partial charge in [-0.05, 0) is 25.0 Å². The van der Waals surface area contributed by atoms with Crippen LogP contribution < -0.4 is 9.47 Å². The van der Waals surface area contributed by atoms with Crippen LogP contribution >= 0.6 is 0 Å². The summed E-state index contributed by atoms with van der Waals surface area (Å²) in [4.78, 5) is 0. The van der Waals surface area contributed by atoms with Crippen LogP contribution in [0.1, 0.15) is 102 Å².